The number of piperidine rings is 1. The molecule has 1 fully saturated rings. The Morgan fingerprint density at radius 2 is 1.96 bits per heavy atom. The molecule has 7 heteroatoms. The molecule has 3 heterocycles. The molecule has 0 bridgehead atoms. The number of fused-ring (bicyclic) bond motifs is 1. The van der Waals surface area contributed by atoms with E-state index in [0.29, 0.717) is 24.6 Å². The highest BCUT2D eigenvalue weighted by atomic mass is 35.5. The average Bonchev–Trinajstić information content (AvgIpc) is 3.12. The van der Waals surface area contributed by atoms with Crippen LogP contribution in [0.2, 0.25) is 5.02 Å². The molecular weight excluding hydrogens is 343 g/mol. The van der Waals surface area contributed by atoms with E-state index in [0.717, 1.165) is 24.2 Å². The molecule has 0 saturated carbocycles. The molecule has 128 valence electrons. The lowest BCUT2D eigenvalue weighted by molar-refractivity contribution is 0.0711. The van der Waals surface area contributed by atoms with Gasteiger partial charge in [0.25, 0.3) is 5.91 Å². The molecule has 1 amide bonds. The van der Waals surface area contributed by atoms with Gasteiger partial charge in [-0.3, -0.25) is 4.79 Å². The summed E-state index contributed by atoms with van der Waals surface area (Å²) in [6.07, 6.45) is 5.23. The van der Waals surface area contributed by atoms with Gasteiger partial charge in [-0.05, 0) is 37.1 Å². The van der Waals surface area contributed by atoms with Crippen molar-refractivity contribution in [2.24, 2.45) is 0 Å². The Labute approximate surface area is 149 Å². The molecule has 1 aromatic carbocycles. The Morgan fingerprint density at radius 1 is 1.16 bits per heavy atom. The number of hydrogen-bond acceptors (Lipinski definition) is 3. The maximum atomic E-state index is 13.3. The van der Waals surface area contributed by atoms with Gasteiger partial charge in [-0.15, -0.1) is 0 Å². The van der Waals surface area contributed by atoms with Crippen molar-refractivity contribution in [2.75, 3.05) is 13.1 Å². The molecule has 0 spiro atoms. The molecule has 1 saturated heterocycles. The Hall–Kier alpha value is -2.47. The quantitative estimate of drug-likeness (QED) is 0.704. The number of benzene rings is 1. The fourth-order valence-electron chi connectivity index (χ4n) is 3.35. The number of nitrogens with zero attached hydrogens (tertiary/aromatic N) is 4. The highest BCUT2D eigenvalue weighted by molar-refractivity contribution is 6.31. The molecule has 0 aliphatic carbocycles. The van der Waals surface area contributed by atoms with Crippen molar-refractivity contribution in [2.45, 2.75) is 18.8 Å². The topological polar surface area (TPSA) is 50.5 Å². The second kappa shape index (κ2) is 6.44. The smallest absolute Gasteiger partial charge is 0.253 e. The van der Waals surface area contributed by atoms with E-state index < -0.39 is 5.82 Å². The Morgan fingerprint density at radius 3 is 2.72 bits per heavy atom. The Balaban J connectivity index is 1.48. The van der Waals surface area contributed by atoms with Gasteiger partial charge in [0.1, 0.15) is 5.82 Å². The summed E-state index contributed by atoms with van der Waals surface area (Å²) in [4.78, 5) is 18.7. The fourth-order valence-corrected chi connectivity index (χ4v) is 3.53. The third-order valence-electron chi connectivity index (χ3n) is 4.69. The summed E-state index contributed by atoms with van der Waals surface area (Å²) in [5.41, 5.74) is 2.37. The maximum Gasteiger partial charge on any atom is 0.253 e. The third-order valence-corrected chi connectivity index (χ3v) is 4.98. The molecule has 2 aromatic heterocycles. The van der Waals surface area contributed by atoms with E-state index in [1.54, 1.807) is 17.3 Å². The zero-order valence-electron chi connectivity index (χ0n) is 13.4. The van der Waals surface area contributed by atoms with Crippen LogP contribution in [-0.4, -0.2) is 38.5 Å². The van der Waals surface area contributed by atoms with Crippen LogP contribution in [0.5, 0.6) is 0 Å². The van der Waals surface area contributed by atoms with Gasteiger partial charge in [0.05, 0.1) is 11.2 Å². The summed E-state index contributed by atoms with van der Waals surface area (Å²) in [5, 5.41) is 4.31. The number of hydrogen-bond donors (Lipinski definition) is 0. The van der Waals surface area contributed by atoms with Crippen molar-refractivity contribution >= 4 is 23.2 Å². The first-order valence-corrected chi connectivity index (χ1v) is 8.54. The molecule has 1 aliphatic rings. The van der Waals surface area contributed by atoms with Gasteiger partial charge < -0.3 is 4.90 Å². The van der Waals surface area contributed by atoms with Crippen LogP contribution in [0.15, 0.2) is 42.7 Å². The van der Waals surface area contributed by atoms with E-state index in [1.165, 1.54) is 18.2 Å². The molecule has 25 heavy (non-hydrogen) atoms. The lowest BCUT2D eigenvalue weighted by Crippen LogP contribution is -2.38. The van der Waals surface area contributed by atoms with E-state index >= 15 is 0 Å². The minimum atomic E-state index is -0.516. The predicted octanol–water partition coefficient (Wildman–Crippen LogP) is 3.54. The summed E-state index contributed by atoms with van der Waals surface area (Å²) in [5.74, 6) is -0.302. The van der Waals surface area contributed by atoms with Crippen LogP contribution in [0.1, 0.15) is 34.8 Å². The second-order valence-electron chi connectivity index (χ2n) is 6.17. The van der Waals surface area contributed by atoms with E-state index in [-0.39, 0.29) is 10.9 Å². The van der Waals surface area contributed by atoms with Gasteiger partial charge in [-0.2, -0.15) is 5.10 Å². The zero-order chi connectivity index (χ0) is 17.4. The summed E-state index contributed by atoms with van der Waals surface area (Å²) in [6.45, 7) is 1.28. The first-order chi connectivity index (χ1) is 12.1. The summed E-state index contributed by atoms with van der Waals surface area (Å²) < 4.78 is 15.1. The summed E-state index contributed by atoms with van der Waals surface area (Å²) >= 11 is 5.78. The number of aromatic nitrogens is 3. The lowest BCUT2D eigenvalue weighted by Gasteiger charge is -2.32. The molecule has 0 N–H and O–H groups in total. The van der Waals surface area contributed by atoms with Crippen molar-refractivity contribution in [1.82, 2.24) is 19.5 Å². The third kappa shape index (κ3) is 2.98. The van der Waals surface area contributed by atoms with Gasteiger partial charge in [-0.1, -0.05) is 11.6 Å². The monoisotopic (exact) mass is 358 g/mol. The average molecular weight is 359 g/mol. The van der Waals surface area contributed by atoms with E-state index in [2.05, 4.69) is 10.1 Å². The predicted molar refractivity (Wildman–Crippen MR) is 92.3 cm³/mol. The number of rotatable bonds is 2. The van der Waals surface area contributed by atoms with Crippen LogP contribution in [0.3, 0.4) is 0 Å². The van der Waals surface area contributed by atoms with Crippen molar-refractivity contribution in [3.05, 3.63) is 64.8 Å². The van der Waals surface area contributed by atoms with Gasteiger partial charge in [0.2, 0.25) is 0 Å². The first kappa shape index (κ1) is 16.0. The van der Waals surface area contributed by atoms with Gasteiger partial charge >= 0.3 is 0 Å². The number of halogens is 2. The van der Waals surface area contributed by atoms with Gasteiger partial charge in [0, 0.05) is 42.5 Å². The molecular formula is C18H16ClFN4O. The van der Waals surface area contributed by atoms with Crippen molar-refractivity contribution < 1.29 is 9.18 Å². The molecule has 0 radical (unpaired) electrons. The normalized spacial score (nSPS) is 15.7. The van der Waals surface area contributed by atoms with Crippen LogP contribution in [0.4, 0.5) is 4.39 Å². The largest absolute Gasteiger partial charge is 0.339 e. The summed E-state index contributed by atoms with van der Waals surface area (Å²) in [6, 6.07) is 7.96. The zero-order valence-corrected chi connectivity index (χ0v) is 14.2. The van der Waals surface area contributed by atoms with Gasteiger partial charge in [0.15, 0.2) is 5.65 Å². The molecule has 0 atom stereocenters. The van der Waals surface area contributed by atoms with Crippen LogP contribution in [-0.2, 0) is 0 Å². The Kier molecular flexibility index (Phi) is 4.13. The minimum absolute atomic E-state index is 0.0291. The fraction of sp³-hybridized carbons (Fsp3) is 0.278. The number of likely N-dealkylation sites (tertiary alicyclic amines) is 1. The molecule has 5 nitrogen and oxygen atoms in total. The molecule has 3 aromatic rings. The number of carbonyl (C=O) groups is 1. The second-order valence-corrected chi connectivity index (χ2v) is 6.57. The van der Waals surface area contributed by atoms with Crippen molar-refractivity contribution in [1.29, 1.82) is 0 Å². The standard InChI is InChI=1S/C18H16ClFN4O/c19-14-11-13(1-2-15(14)20)18(25)23-9-5-12(6-10-23)16-3-7-21-17-4-8-22-24(16)17/h1-4,7-8,11-12H,5-6,9-10H2. The molecule has 0 unspecified atom stereocenters. The van der Waals surface area contributed by atoms with E-state index in [9.17, 15) is 9.18 Å². The SMILES string of the molecule is O=C(c1ccc(F)c(Cl)c1)N1CCC(c2ccnc3ccnn23)CC1. The Bertz CT molecular complexity index is 934. The maximum absolute atomic E-state index is 13.3. The summed E-state index contributed by atoms with van der Waals surface area (Å²) in [7, 11) is 0. The van der Waals surface area contributed by atoms with Crippen LogP contribution in [0.25, 0.3) is 5.65 Å². The highest BCUT2D eigenvalue weighted by Crippen LogP contribution is 2.29. The number of amides is 1. The molecule has 1 aliphatic heterocycles. The minimum Gasteiger partial charge on any atom is -0.339 e. The lowest BCUT2D eigenvalue weighted by atomic mass is 9.93. The van der Waals surface area contributed by atoms with Crippen LogP contribution < -0.4 is 0 Å². The van der Waals surface area contributed by atoms with Crippen molar-refractivity contribution in [3.63, 3.8) is 0 Å². The van der Waals surface area contributed by atoms with Crippen molar-refractivity contribution in [3.8, 4) is 0 Å². The van der Waals surface area contributed by atoms with Gasteiger partial charge in [-0.25, -0.2) is 13.9 Å². The van der Waals surface area contributed by atoms with E-state index in [4.69, 9.17) is 11.6 Å². The number of carbonyl (C=O) groups excluding carboxylic acids is 1. The van der Waals surface area contributed by atoms with E-state index in [1.807, 2.05) is 16.6 Å². The first-order valence-electron chi connectivity index (χ1n) is 8.16. The highest BCUT2D eigenvalue weighted by Gasteiger charge is 2.26. The molecule has 4 rings (SSSR count). The van der Waals surface area contributed by atoms with Crippen LogP contribution >= 0.6 is 11.6 Å². The van der Waals surface area contributed by atoms with Crippen LogP contribution in [0, 0.1) is 5.82 Å².